The van der Waals surface area contributed by atoms with Crippen LogP contribution in [0.2, 0.25) is 0 Å². The molecule has 84 valence electrons. The maximum atomic E-state index is 11.6. The highest BCUT2D eigenvalue weighted by Gasteiger charge is 2.19. The van der Waals surface area contributed by atoms with Crippen molar-refractivity contribution in [2.24, 2.45) is 0 Å². The third-order valence-electron chi connectivity index (χ3n) is 2.17. The van der Waals surface area contributed by atoms with Crippen LogP contribution in [0.5, 0.6) is 0 Å². The van der Waals surface area contributed by atoms with Gasteiger partial charge in [-0.2, -0.15) is 0 Å². The van der Waals surface area contributed by atoms with E-state index < -0.39 is 15.3 Å². The number of sulfonamides is 1. The molecule has 0 bridgehead atoms. The monoisotopic (exact) mass is 228 g/mol. The average Bonchev–Trinajstić information content (AvgIpc) is 2.18. The van der Waals surface area contributed by atoms with Crippen LogP contribution >= 0.6 is 0 Å². The van der Waals surface area contributed by atoms with E-state index in [1.165, 1.54) is 0 Å². The molecular weight excluding hydrogens is 212 g/mol. The van der Waals surface area contributed by atoms with Crippen LogP contribution in [0, 0.1) is 0 Å². The van der Waals surface area contributed by atoms with E-state index in [-0.39, 0.29) is 6.04 Å². The van der Waals surface area contributed by atoms with Crippen molar-refractivity contribution >= 4 is 10.0 Å². The molecule has 1 aromatic heterocycles. The van der Waals surface area contributed by atoms with E-state index in [1.54, 1.807) is 38.4 Å². The van der Waals surface area contributed by atoms with Gasteiger partial charge in [0.15, 0.2) is 0 Å². The zero-order chi connectivity index (χ0) is 11.5. The van der Waals surface area contributed by atoms with Crippen LogP contribution in [-0.4, -0.2) is 18.7 Å². The number of pyridine rings is 1. The predicted octanol–water partition coefficient (Wildman–Crippen LogP) is 1.47. The quantitative estimate of drug-likeness (QED) is 0.849. The van der Waals surface area contributed by atoms with E-state index in [2.05, 4.69) is 9.71 Å². The van der Waals surface area contributed by atoms with Gasteiger partial charge in [0.25, 0.3) is 0 Å². The maximum Gasteiger partial charge on any atom is 0.214 e. The minimum atomic E-state index is -3.22. The molecular formula is C10H16N2O2S. The number of aromatic nitrogens is 1. The third-order valence-corrected chi connectivity index (χ3v) is 4.09. The fourth-order valence-electron chi connectivity index (χ4n) is 1.10. The Kier molecular flexibility index (Phi) is 3.82. The van der Waals surface area contributed by atoms with E-state index in [0.717, 1.165) is 5.56 Å². The van der Waals surface area contributed by atoms with Crippen LogP contribution < -0.4 is 4.72 Å². The second kappa shape index (κ2) is 4.72. The highest BCUT2D eigenvalue weighted by Crippen LogP contribution is 2.12. The molecule has 1 atom stereocenters. The van der Waals surface area contributed by atoms with Crippen molar-refractivity contribution in [3.05, 3.63) is 30.1 Å². The third kappa shape index (κ3) is 3.28. The van der Waals surface area contributed by atoms with Crippen molar-refractivity contribution in [2.45, 2.75) is 32.1 Å². The van der Waals surface area contributed by atoms with E-state index in [1.807, 2.05) is 6.92 Å². The lowest BCUT2D eigenvalue weighted by molar-refractivity contribution is 0.558. The smallest absolute Gasteiger partial charge is 0.214 e. The van der Waals surface area contributed by atoms with Crippen LogP contribution in [0.15, 0.2) is 24.5 Å². The molecule has 0 radical (unpaired) electrons. The van der Waals surface area contributed by atoms with Gasteiger partial charge in [-0.1, -0.05) is 0 Å². The molecule has 0 saturated heterocycles. The molecule has 0 aliphatic heterocycles. The van der Waals surface area contributed by atoms with Crippen LogP contribution in [0.3, 0.4) is 0 Å². The maximum absolute atomic E-state index is 11.6. The van der Waals surface area contributed by atoms with E-state index in [4.69, 9.17) is 0 Å². The first-order valence-corrected chi connectivity index (χ1v) is 6.39. The zero-order valence-electron chi connectivity index (χ0n) is 9.14. The molecule has 0 aliphatic carbocycles. The van der Waals surface area contributed by atoms with Crippen molar-refractivity contribution in [1.82, 2.24) is 9.71 Å². The highest BCUT2D eigenvalue weighted by molar-refractivity contribution is 7.90. The Balaban J connectivity index is 2.77. The Morgan fingerprint density at radius 2 is 1.73 bits per heavy atom. The first-order valence-electron chi connectivity index (χ1n) is 4.84. The summed E-state index contributed by atoms with van der Waals surface area (Å²) in [5, 5.41) is -0.415. The molecule has 0 aromatic carbocycles. The van der Waals surface area contributed by atoms with Crippen molar-refractivity contribution in [2.75, 3.05) is 0 Å². The Bertz CT molecular complexity index is 401. The summed E-state index contributed by atoms with van der Waals surface area (Å²) in [5.41, 5.74) is 0.911. The second-order valence-electron chi connectivity index (χ2n) is 3.71. The summed E-state index contributed by atoms with van der Waals surface area (Å²) in [4.78, 5) is 3.88. The molecule has 5 heteroatoms. The van der Waals surface area contributed by atoms with Gasteiger partial charge in [0.1, 0.15) is 0 Å². The first kappa shape index (κ1) is 12.1. The number of rotatable bonds is 4. The molecule has 0 saturated carbocycles. The van der Waals surface area contributed by atoms with Gasteiger partial charge in [-0.15, -0.1) is 0 Å². The predicted molar refractivity (Wildman–Crippen MR) is 59.8 cm³/mol. The Morgan fingerprint density at radius 3 is 2.20 bits per heavy atom. The summed E-state index contributed by atoms with van der Waals surface area (Å²) >= 11 is 0. The van der Waals surface area contributed by atoms with Crippen molar-refractivity contribution in [3.63, 3.8) is 0 Å². The van der Waals surface area contributed by atoms with Gasteiger partial charge in [-0.3, -0.25) is 4.98 Å². The summed E-state index contributed by atoms with van der Waals surface area (Å²) in [6.07, 6.45) is 3.30. The van der Waals surface area contributed by atoms with Crippen molar-refractivity contribution < 1.29 is 8.42 Å². The average molecular weight is 228 g/mol. The molecule has 15 heavy (non-hydrogen) atoms. The minimum absolute atomic E-state index is 0.222. The largest absolute Gasteiger partial charge is 0.265 e. The zero-order valence-corrected chi connectivity index (χ0v) is 9.95. The van der Waals surface area contributed by atoms with Crippen molar-refractivity contribution in [1.29, 1.82) is 0 Å². The molecule has 1 heterocycles. The lowest BCUT2D eigenvalue weighted by atomic mass is 10.1. The fraction of sp³-hybridized carbons (Fsp3) is 0.500. The molecule has 1 N–H and O–H groups in total. The van der Waals surface area contributed by atoms with Gasteiger partial charge in [0.2, 0.25) is 10.0 Å². The molecule has 1 rings (SSSR count). The van der Waals surface area contributed by atoms with Gasteiger partial charge in [-0.25, -0.2) is 13.1 Å². The molecule has 0 aliphatic rings. The molecule has 0 amide bonds. The van der Waals surface area contributed by atoms with Gasteiger partial charge >= 0.3 is 0 Å². The SMILES string of the molecule is CC(NS(=O)(=O)C(C)C)c1ccncc1. The van der Waals surface area contributed by atoms with Crippen LogP contribution in [-0.2, 0) is 10.0 Å². The molecule has 1 aromatic rings. The number of nitrogens with zero attached hydrogens (tertiary/aromatic N) is 1. The van der Waals surface area contributed by atoms with Crippen LogP contribution in [0.1, 0.15) is 32.4 Å². The van der Waals surface area contributed by atoms with E-state index >= 15 is 0 Å². The van der Waals surface area contributed by atoms with Crippen molar-refractivity contribution in [3.8, 4) is 0 Å². The Labute approximate surface area is 90.8 Å². The topological polar surface area (TPSA) is 59.1 Å². The first-order chi connectivity index (χ1) is 6.93. The molecule has 0 fully saturated rings. The fourth-order valence-corrected chi connectivity index (χ4v) is 2.00. The Morgan fingerprint density at radius 1 is 1.20 bits per heavy atom. The summed E-state index contributed by atoms with van der Waals surface area (Å²) < 4.78 is 25.8. The number of hydrogen-bond acceptors (Lipinski definition) is 3. The number of hydrogen-bond donors (Lipinski definition) is 1. The molecule has 1 unspecified atom stereocenters. The van der Waals surface area contributed by atoms with Crippen LogP contribution in [0.25, 0.3) is 0 Å². The minimum Gasteiger partial charge on any atom is -0.265 e. The standard InChI is InChI=1S/C10H16N2O2S/c1-8(2)15(13,14)12-9(3)10-4-6-11-7-5-10/h4-9,12H,1-3H3. The van der Waals surface area contributed by atoms with Gasteiger partial charge in [0, 0.05) is 18.4 Å². The lowest BCUT2D eigenvalue weighted by Gasteiger charge is -2.16. The highest BCUT2D eigenvalue weighted by atomic mass is 32.2. The molecule has 0 spiro atoms. The summed E-state index contributed by atoms with van der Waals surface area (Å²) in [6, 6.07) is 3.38. The van der Waals surface area contributed by atoms with Crippen LogP contribution in [0.4, 0.5) is 0 Å². The normalized spacial score (nSPS) is 14.1. The summed E-state index contributed by atoms with van der Waals surface area (Å²) in [5.74, 6) is 0. The Hall–Kier alpha value is -0.940. The second-order valence-corrected chi connectivity index (χ2v) is 5.98. The van der Waals surface area contributed by atoms with Gasteiger partial charge in [-0.05, 0) is 38.5 Å². The summed E-state index contributed by atoms with van der Waals surface area (Å²) in [7, 11) is -3.22. The van der Waals surface area contributed by atoms with E-state index in [0.29, 0.717) is 0 Å². The molecule has 4 nitrogen and oxygen atoms in total. The van der Waals surface area contributed by atoms with Gasteiger partial charge in [0.05, 0.1) is 5.25 Å². The lowest BCUT2D eigenvalue weighted by Crippen LogP contribution is -2.32. The summed E-state index contributed by atoms with van der Waals surface area (Å²) in [6.45, 7) is 5.12. The van der Waals surface area contributed by atoms with Gasteiger partial charge < -0.3 is 0 Å². The van der Waals surface area contributed by atoms with E-state index in [9.17, 15) is 8.42 Å². The number of nitrogens with one attached hydrogen (secondary N) is 1.